The van der Waals surface area contributed by atoms with Gasteiger partial charge >= 0.3 is 0 Å². The molecule has 1 aromatic carbocycles. The monoisotopic (exact) mass is 276 g/mol. The number of amides is 1. The van der Waals surface area contributed by atoms with E-state index in [-0.39, 0.29) is 11.4 Å². The second-order valence-corrected chi connectivity index (χ2v) is 3.86. The molecule has 0 saturated carbocycles. The van der Waals surface area contributed by atoms with E-state index in [1.807, 2.05) is 0 Å². The first kappa shape index (κ1) is 13.7. The van der Waals surface area contributed by atoms with Crippen molar-refractivity contribution in [2.24, 2.45) is 0 Å². The zero-order valence-electron chi connectivity index (χ0n) is 11.0. The second kappa shape index (κ2) is 5.96. The van der Waals surface area contributed by atoms with Gasteiger partial charge in [-0.1, -0.05) is 0 Å². The van der Waals surface area contributed by atoms with Crippen molar-refractivity contribution in [2.45, 2.75) is 0 Å². The topological polar surface area (TPSA) is 76.1 Å². The summed E-state index contributed by atoms with van der Waals surface area (Å²) >= 11 is 0. The molecule has 1 amide bonds. The fourth-order valence-corrected chi connectivity index (χ4v) is 1.53. The number of carbonyl (C=O) groups is 1. The molecule has 2 N–H and O–H groups in total. The van der Waals surface area contributed by atoms with Gasteiger partial charge in [-0.05, 0) is 24.3 Å². The molecule has 2 rings (SSSR count). The van der Waals surface area contributed by atoms with Gasteiger partial charge in [0.1, 0.15) is 5.82 Å². The summed E-state index contributed by atoms with van der Waals surface area (Å²) in [7, 11) is 3.07. The van der Waals surface area contributed by atoms with Gasteiger partial charge in [-0.15, -0.1) is 10.2 Å². The van der Waals surface area contributed by atoms with Gasteiger partial charge in [0.25, 0.3) is 5.91 Å². The Kier molecular flexibility index (Phi) is 4.09. The van der Waals surface area contributed by atoms with Gasteiger partial charge < -0.3 is 15.4 Å². The molecule has 7 heteroatoms. The van der Waals surface area contributed by atoms with Crippen molar-refractivity contribution in [1.82, 2.24) is 10.2 Å². The Hall–Kier alpha value is -2.70. The highest BCUT2D eigenvalue weighted by atomic mass is 19.1. The zero-order valence-corrected chi connectivity index (χ0v) is 11.0. The lowest BCUT2D eigenvalue weighted by molar-refractivity contribution is 0.102. The summed E-state index contributed by atoms with van der Waals surface area (Å²) in [5.41, 5.74) is 0.452. The van der Waals surface area contributed by atoms with Crippen LogP contribution < -0.4 is 15.4 Å². The third kappa shape index (κ3) is 3.00. The van der Waals surface area contributed by atoms with Crippen LogP contribution in [0.15, 0.2) is 30.3 Å². The van der Waals surface area contributed by atoms with E-state index in [0.29, 0.717) is 11.5 Å². The van der Waals surface area contributed by atoms with E-state index in [9.17, 15) is 9.18 Å². The Morgan fingerprint density at radius 1 is 1.25 bits per heavy atom. The van der Waals surface area contributed by atoms with Crippen LogP contribution in [0.5, 0.6) is 5.75 Å². The minimum Gasteiger partial charge on any atom is -0.494 e. The minimum absolute atomic E-state index is 0.112. The summed E-state index contributed by atoms with van der Waals surface area (Å²) in [5.74, 6) is -0.357. The molecule has 0 aliphatic heterocycles. The Morgan fingerprint density at radius 2 is 2.05 bits per heavy atom. The molecule has 2 aromatic rings. The van der Waals surface area contributed by atoms with Crippen LogP contribution in [0.25, 0.3) is 0 Å². The standard InChI is InChI=1S/C13H13FN4O2/c1-15-12-6-4-10(17-18-12)13(19)16-8-3-5-11(20-2)9(14)7-8/h3-7H,1-2H3,(H,15,18)(H,16,19). The van der Waals surface area contributed by atoms with Crippen molar-refractivity contribution < 1.29 is 13.9 Å². The van der Waals surface area contributed by atoms with E-state index < -0.39 is 11.7 Å². The number of carbonyl (C=O) groups excluding carboxylic acids is 1. The molecule has 0 spiro atoms. The van der Waals surface area contributed by atoms with Gasteiger partial charge in [-0.25, -0.2) is 4.39 Å². The van der Waals surface area contributed by atoms with E-state index >= 15 is 0 Å². The van der Waals surface area contributed by atoms with Crippen molar-refractivity contribution >= 4 is 17.4 Å². The predicted molar refractivity (Wildman–Crippen MR) is 72.5 cm³/mol. The number of nitrogens with one attached hydrogen (secondary N) is 2. The van der Waals surface area contributed by atoms with Gasteiger partial charge in [-0.3, -0.25) is 4.79 Å². The Morgan fingerprint density at radius 3 is 2.60 bits per heavy atom. The number of hydrogen-bond acceptors (Lipinski definition) is 5. The number of rotatable bonds is 4. The summed E-state index contributed by atoms with van der Waals surface area (Å²) in [5, 5.41) is 12.9. The average Bonchev–Trinajstić information content (AvgIpc) is 2.47. The van der Waals surface area contributed by atoms with Crippen LogP contribution in [0.3, 0.4) is 0 Å². The molecule has 0 atom stereocenters. The summed E-state index contributed by atoms with van der Waals surface area (Å²) in [6, 6.07) is 7.28. The number of aromatic nitrogens is 2. The molecule has 104 valence electrons. The van der Waals surface area contributed by atoms with Crippen LogP contribution in [0, 0.1) is 5.82 Å². The third-order valence-electron chi connectivity index (χ3n) is 2.56. The molecule has 0 saturated heterocycles. The lowest BCUT2D eigenvalue weighted by Crippen LogP contribution is -2.14. The van der Waals surface area contributed by atoms with E-state index in [1.54, 1.807) is 13.1 Å². The van der Waals surface area contributed by atoms with Crippen LogP contribution in [0.4, 0.5) is 15.9 Å². The molecular formula is C13H13FN4O2. The largest absolute Gasteiger partial charge is 0.494 e. The minimum atomic E-state index is -0.554. The Bertz CT molecular complexity index is 616. The first-order chi connectivity index (χ1) is 9.63. The zero-order chi connectivity index (χ0) is 14.5. The fourth-order valence-electron chi connectivity index (χ4n) is 1.53. The number of hydrogen-bond donors (Lipinski definition) is 2. The van der Waals surface area contributed by atoms with Crippen LogP contribution in [0.2, 0.25) is 0 Å². The van der Waals surface area contributed by atoms with Gasteiger partial charge in [-0.2, -0.15) is 0 Å². The first-order valence-electron chi connectivity index (χ1n) is 5.80. The molecule has 20 heavy (non-hydrogen) atoms. The molecule has 0 unspecified atom stereocenters. The lowest BCUT2D eigenvalue weighted by atomic mass is 10.2. The maximum Gasteiger partial charge on any atom is 0.276 e. The maximum atomic E-state index is 13.5. The number of nitrogens with zero attached hydrogens (tertiary/aromatic N) is 2. The van der Waals surface area contributed by atoms with E-state index in [4.69, 9.17) is 4.74 Å². The van der Waals surface area contributed by atoms with Crippen molar-refractivity contribution in [3.05, 3.63) is 41.8 Å². The van der Waals surface area contributed by atoms with Crippen molar-refractivity contribution in [3.8, 4) is 5.75 Å². The molecule has 0 bridgehead atoms. The third-order valence-corrected chi connectivity index (χ3v) is 2.56. The highest BCUT2D eigenvalue weighted by molar-refractivity contribution is 6.02. The van der Waals surface area contributed by atoms with Crippen LogP contribution in [-0.2, 0) is 0 Å². The van der Waals surface area contributed by atoms with Crippen molar-refractivity contribution in [3.63, 3.8) is 0 Å². The van der Waals surface area contributed by atoms with E-state index in [0.717, 1.165) is 0 Å². The van der Waals surface area contributed by atoms with Gasteiger partial charge in [0.2, 0.25) is 0 Å². The SMILES string of the molecule is CNc1ccc(C(=O)Nc2ccc(OC)c(F)c2)nn1. The Labute approximate surface area is 115 Å². The van der Waals surface area contributed by atoms with Crippen molar-refractivity contribution in [2.75, 3.05) is 24.8 Å². The molecule has 0 aliphatic carbocycles. The van der Waals surface area contributed by atoms with Gasteiger partial charge in [0.15, 0.2) is 17.3 Å². The van der Waals surface area contributed by atoms with Gasteiger partial charge in [0.05, 0.1) is 7.11 Å². The average molecular weight is 276 g/mol. The number of methoxy groups -OCH3 is 1. The van der Waals surface area contributed by atoms with Crippen molar-refractivity contribution in [1.29, 1.82) is 0 Å². The summed E-state index contributed by atoms with van der Waals surface area (Å²) in [6.45, 7) is 0. The lowest BCUT2D eigenvalue weighted by Gasteiger charge is -2.07. The molecule has 0 radical (unpaired) electrons. The van der Waals surface area contributed by atoms with E-state index in [2.05, 4.69) is 20.8 Å². The number of anilines is 2. The number of halogens is 1. The van der Waals surface area contributed by atoms with E-state index in [1.165, 1.54) is 31.4 Å². The highest BCUT2D eigenvalue weighted by Crippen LogP contribution is 2.20. The first-order valence-corrected chi connectivity index (χ1v) is 5.80. The van der Waals surface area contributed by atoms with Crippen LogP contribution >= 0.6 is 0 Å². The molecule has 0 fully saturated rings. The highest BCUT2D eigenvalue weighted by Gasteiger charge is 2.10. The number of ether oxygens (including phenoxy) is 1. The smallest absolute Gasteiger partial charge is 0.276 e. The molecule has 1 aromatic heterocycles. The van der Waals surface area contributed by atoms with Crippen LogP contribution in [0.1, 0.15) is 10.5 Å². The molecule has 1 heterocycles. The predicted octanol–water partition coefficient (Wildman–Crippen LogP) is 1.92. The molecule has 0 aliphatic rings. The Balaban J connectivity index is 2.12. The molecular weight excluding hydrogens is 263 g/mol. The molecule has 6 nitrogen and oxygen atoms in total. The fraction of sp³-hybridized carbons (Fsp3) is 0.154. The van der Waals surface area contributed by atoms with Gasteiger partial charge in [0, 0.05) is 18.8 Å². The number of benzene rings is 1. The van der Waals surface area contributed by atoms with Crippen LogP contribution in [-0.4, -0.2) is 30.3 Å². The summed E-state index contributed by atoms with van der Waals surface area (Å²) < 4.78 is 18.3. The maximum absolute atomic E-state index is 13.5. The quantitative estimate of drug-likeness (QED) is 0.892. The second-order valence-electron chi connectivity index (χ2n) is 3.86. The normalized spacial score (nSPS) is 9.95. The summed E-state index contributed by atoms with van der Waals surface area (Å²) in [4.78, 5) is 11.9. The summed E-state index contributed by atoms with van der Waals surface area (Å²) in [6.07, 6.45) is 0.